The number of rotatable bonds is 0. The van der Waals surface area contributed by atoms with Crippen molar-refractivity contribution in [3.63, 3.8) is 0 Å². The molecule has 1 N–H and O–H groups in total. The van der Waals surface area contributed by atoms with Gasteiger partial charge in [-0.2, -0.15) is 0 Å². The summed E-state index contributed by atoms with van der Waals surface area (Å²) in [6, 6.07) is 0.521. The summed E-state index contributed by atoms with van der Waals surface area (Å²) >= 11 is 5.25. The lowest BCUT2D eigenvalue weighted by Crippen LogP contribution is -2.45. The van der Waals surface area contributed by atoms with Gasteiger partial charge < -0.3 is 15.1 Å². The second kappa shape index (κ2) is 4.77. The van der Waals surface area contributed by atoms with E-state index >= 15 is 0 Å². The highest BCUT2D eigenvalue weighted by Gasteiger charge is 2.20. The standard InChI is InChI=1S/C9H19N3S/c1-8-7-11(3)5-4-6-12(8)9(13)10-2/h8H,4-7H2,1-3H3,(H,10,13). The first-order valence-electron chi connectivity index (χ1n) is 4.82. The first kappa shape index (κ1) is 10.7. The minimum atomic E-state index is 0.521. The topological polar surface area (TPSA) is 18.5 Å². The highest BCUT2D eigenvalue weighted by molar-refractivity contribution is 7.80. The summed E-state index contributed by atoms with van der Waals surface area (Å²) in [5.74, 6) is 0. The molecule has 1 unspecified atom stereocenters. The molecule has 0 aromatic heterocycles. The van der Waals surface area contributed by atoms with Crippen LogP contribution in [0.15, 0.2) is 0 Å². The van der Waals surface area contributed by atoms with E-state index in [4.69, 9.17) is 12.2 Å². The summed E-state index contributed by atoms with van der Waals surface area (Å²) in [5, 5.41) is 3.92. The van der Waals surface area contributed by atoms with Crippen LogP contribution < -0.4 is 5.32 Å². The van der Waals surface area contributed by atoms with Crippen molar-refractivity contribution in [2.24, 2.45) is 0 Å². The number of hydrogen-bond acceptors (Lipinski definition) is 2. The quantitative estimate of drug-likeness (QED) is 0.576. The maximum Gasteiger partial charge on any atom is 0.168 e. The maximum absolute atomic E-state index is 5.25. The van der Waals surface area contributed by atoms with Crippen LogP contribution in [0.4, 0.5) is 0 Å². The molecule has 0 aromatic rings. The molecule has 0 spiro atoms. The maximum atomic E-state index is 5.25. The third kappa shape index (κ3) is 2.81. The monoisotopic (exact) mass is 201 g/mol. The van der Waals surface area contributed by atoms with Gasteiger partial charge in [-0.3, -0.25) is 0 Å². The van der Waals surface area contributed by atoms with Crippen LogP contribution in [0, 0.1) is 0 Å². The molecule has 0 aliphatic carbocycles. The van der Waals surface area contributed by atoms with Crippen LogP contribution in [0.25, 0.3) is 0 Å². The Labute approximate surface area is 86.1 Å². The van der Waals surface area contributed by atoms with Crippen LogP contribution in [-0.2, 0) is 0 Å². The van der Waals surface area contributed by atoms with E-state index in [1.165, 1.54) is 13.0 Å². The second-order valence-electron chi connectivity index (χ2n) is 3.71. The van der Waals surface area contributed by atoms with Crippen molar-refractivity contribution in [1.82, 2.24) is 15.1 Å². The van der Waals surface area contributed by atoms with Gasteiger partial charge in [0.05, 0.1) is 0 Å². The van der Waals surface area contributed by atoms with Gasteiger partial charge in [-0.25, -0.2) is 0 Å². The van der Waals surface area contributed by atoms with Crippen LogP contribution >= 0.6 is 12.2 Å². The number of thiocarbonyl (C=S) groups is 1. The van der Waals surface area contributed by atoms with Gasteiger partial charge in [0, 0.05) is 26.2 Å². The van der Waals surface area contributed by atoms with Crippen LogP contribution in [-0.4, -0.2) is 54.7 Å². The smallest absolute Gasteiger partial charge is 0.168 e. The number of nitrogens with one attached hydrogen (secondary N) is 1. The van der Waals surface area contributed by atoms with Gasteiger partial charge in [0.1, 0.15) is 0 Å². The molecule has 0 radical (unpaired) electrons. The van der Waals surface area contributed by atoms with Crippen LogP contribution in [0.1, 0.15) is 13.3 Å². The van der Waals surface area contributed by atoms with Gasteiger partial charge in [-0.15, -0.1) is 0 Å². The van der Waals surface area contributed by atoms with Gasteiger partial charge >= 0.3 is 0 Å². The fourth-order valence-electron chi connectivity index (χ4n) is 1.82. The van der Waals surface area contributed by atoms with Gasteiger partial charge in [-0.05, 0) is 39.2 Å². The number of hydrogen-bond donors (Lipinski definition) is 1. The Balaban J connectivity index is 2.57. The Morgan fingerprint density at radius 2 is 2.15 bits per heavy atom. The van der Waals surface area contributed by atoms with Crippen LogP contribution in [0.2, 0.25) is 0 Å². The minimum Gasteiger partial charge on any atom is -0.366 e. The molecule has 0 amide bonds. The Hall–Kier alpha value is -0.350. The molecule has 13 heavy (non-hydrogen) atoms. The molecule has 1 aliphatic rings. The molecule has 1 atom stereocenters. The Morgan fingerprint density at radius 1 is 1.46 bits per heavy atom. The second-order valence-corrected chi connectivity index (χ2v) is 4.10. The average molecular weight is 201 g/mol. The summed E-state index contributed by atoms with van der Waals surface area (Å²) in [7, 11) is 4.06. The van der Waals surface area contributed by atoms with Gasteiger partial charge in [0.25, 0.3) is 0 Å². The molecule has 1 fully saturated rings. The Kier molecular flexibility index (Phi) is 3.93. The largest absolute Gasteiger partial charge is 0.366 e. The summed E-state index contributed by atoms with van der Waals surface area (Å²) in [5.41, 5.74) is 0. The zero-order valence-corrected chi connectivity index (χ0v) is 9.52. The normalized spacial score (nSPS) is 25.5. The highest BCUT2D eigenvalue weighted by atomic mass is 32.1. The number of likely N-dealkylation sites (N-methyl/N-ethyl adjacent to an activating group) is 1. The first-order valence-corrected chi connectivity index (χ1v) is 5.23. The Morgan fingerprint density at radius 3 is 2.77 bits per heavy atom. The van der Waals surface area contributed by atoms with Gasteiger partial charge in [-0.1, -0.05) is 0 Å². The summed E-state index contributed by atoms with van der Waals surface area (Å²) in [6.07, 6.45) is 1.20. The highest BCUT2D eigenvalue weighted by Crippen LogP contribution is 2.08. The van der Waals surface area contributed by atoms with E-state index in [1.807, 2.05) is 7.05 Å². The van der Waals surface area contributed by atoms with Crippen molar-refractivity contribution in [2.75, 3.05) is 33.7 Å². The molecule has 0 aromatic carbocycles. The molecule has 3 nitrogen and oxygen atoms in total. The third-order valence-electron chi connectivity index (χ3n) is 2.52. The van der Waals surface area contributed by atoms with E-state index < -0.39 is 0 Å². The predicted octanol–water partition coefficient (Wildman–Crippen LogP) is 0.517. The zero-order chi connectivity index (χ0) is 9.84. The van der Waals surface area contributed by atoms with Gasteiger partial charge in [0.15, 0.2) is 5.11 Å². The van der Waals surface area contributed by atoms with E-state index in [2.05, 4.69) is 29.1 Å². The molecule has 1 heterocycles. The molecule has 0 saturated carbocycles. The van der Waals surface area contributed by atoms with E-state index in [0.717, 1.165) is 18.2 Å². The fourth-order valence-corrected chi connectivity index (χ4v) is 2.09. The molecule has 1 aliphatic heterocycles. The molecule has 76 valence electrons. The van der Waals surface area contributed by atoms with E-state index in [1.54, 1.807) is 0 Å². The molecule has 4 heteroatoms. The molecular weight excluding hydrogens is 182 g/mol. The number of nitrogens with zero attached hydrogens (tertiary/aromatic N) is 2. The van der Waals surface area contributed by atoms with Crippen molar-refractivity contribution in [3.8, 4) is 0 Å². The third-order valence-corrected chi connectivity index (χ3v) is 2.96. The lowest BCUT2D eigenvalue weighted by Gasteiger charge is -2.29. The van der Waals surface area contributed by atoms with E-state index in [-0.39, 0.29) is 0 Å². The fraction of sp³-hybridized carbons (Fsp3) is 0.889. The van der Waals surface area contributed by atoms with Crippen molar-refractivity contribution in [1.29, 1.82) is 0 Å². The van der Waals surface area contributed by atoms with Crippen LogP contribution in [0.5, 0.6) is 0 Å². The predicted molar refractivity (Wildman–Crippen MR) is 59.9 cm³/mol. The molecule has 1 rings (SSSR count). The SMILES string of the molecule is CNC(=S)N1CCCN(C)CC1C. The molecule has 0 bridgehead atoms. The lowest BCUT2D eigenvalue weighted by atomic mass is 10.3. The summed E-state index contributed by atoms with van der Waals surface area (Å²) in [4.78, 5) is 4.64. The molecular formula is C9H19N3S. The van der Waals surface area contributed by atoms with Gasteiger partial charge in [0.2, 0.25) is 0 Å². The van der Waals surface area contributed by atoms with E-state index in [0.29, 0.717) is 6.04 Å². The van der Waals surface area contributed by atoms with Crippen molar-refractivity contribution in [2.45, 2.75) is 19.4 Å². The summed E-state index contributed by atoms with van der Waals surface area (Å²) in [6.45, 7) is 5.58. The average Bonchev–Trinajstić information content (AvgIpc) is 2.25. The molecule has 1 saturated heterocycles. The van der Waals surface area contributed by atoms with Crippen LogP contribution in [0.3, 0.4) is 0 Å². The lowest BCUT2D eigenvalue weighted by molar-refractivity contribution is 0.284. The zero-order valence-electron chi connectivity index (χ0n) is 8.71. The first-order chi connectivity index (χ1) is 6.15. The van der Waals surface area contributed by atoms with Crippen molar-refractivity contribution >= 4 is 17.3 Å². The van der Waals surface area contributed by atoms with Crippen molar-refractivity contribution < 1.29 is 0 Å². The Bertz CT molecular complexity index is 184. The minimum absolute atomic E-state index is 0.521. The van der Waals surface area contributed by atoms with E-state index in [9.17, 15) is 0 Å². The van der Waals surface area contributed by atoms with Crippen molar-refractivity contribution in [3.05, 3.63) is 0 Å². The summed E-state index contributed by atoms with van der Waals surface area (Å²) < 4.78 is 0.